The van der Waals surface area contributed by atoms with Gasteiger partial charge < -0.3 is 14.2 Å². The molecule has 0 saturated heterocycles. The van der Waals surface area contributed by atoms with Crippen molar-refractivity contribution >= 4 is 11.9 Å². The van der Waals surface area contributed by atoms with Gasteiger partial charge in [-0.15, -0.1) is 0 Å². The zero-order valence-electron chi connectivity index (χ0n) is 15.7. The number of rotatable bonds is 10. The molecule has 0 heterocycles. The van der Waals surface area contributed by atoms with Crippen molar-refractivity contribution in [2.75, 3.05) is 20.3 Å². The maximum atomic E-state index is 12.4. The maximum Gasteiger partial charge on any atom is 0.185 e. The van der Waals surface area contributed by atoms with Crippen LogP contribution in [0.5, 0.6) is 17.2 Å². The van der Waals surface area contributed by atoms with Gasteiger partial charge in [-0.2, -0.15) is 0 Å². The Morgan fingerprint density at radius 1 is 0.923 bits per heavy atom. The minimum absolute atomic E-state index is 0.0691. The standard InChI is InChI=1S/C22H26O4/c1-4-14-25-20-12-8-18(22(16-20)26-15-5-2)9-13-21(23)17-6-10-19(24-3)11-7-17/h6-13,16H,4-5,14-15H2,1-3H3. The summed E-state index contributed by atoms with van der Waals surface area (Å²) in [7, 11) is 1.60. The lowest BCUT2D eigenvalue weighted by Gasteiger charge is -2.11. The molecule has 0 aromatic heterocycles. The fourth-order valence-electron chi connectivity index (χ4n) is 2.32. The van der Waals surface area contributed by atoms with Gasteiger partial charge in [0.1, 0.15) is 17.2 Å². The summed E-state index contributed by atoms with van der Waals surface area (Å²) >= 11 is 0. The average molecular weight is 354 g/mol. The Hall–Kier alpha value is -2.75. The van der Waals surface area contributed by atoms with Gasteiger partial charge in [0.25, 0.3) is 0 Å². The molecule has 0 amide bonds. The minimum Gasteiger partial charge on any atom is -0.497 e. The molecule has 26 heavy (non-hydrogen) atoms. The van der Waals surface area contributed by atoms with E-state index in [2.05, 4.69) is 13.8 Å². The summed E-state index contributed by atoms with van der Waals surface area (Å²) < 4.78 is 16.6. The van der Waals surface area contributed by atoms with Crippen LogP contribution in [0.3, 0.4) is 0 Å². The lowest BCUT2D eigenvalue weighted by Crippen LogP contribution is -2.00. The molecule has 0 aliphatic carbocycles. The Bertz CT molecular complexity index is 732. The van der Waals surface area contributed by atoms with Crippen molar-refractivity contribution < 1.29 is 19.0 Å². The van der Waals surface area contributed by atoms with Crippen LogP contribution in [-0.2, 0) is 0 Å². The molecule has 2 rings (SSSR count). The van der Waals surface area contributed by atoms with Crippen LogP contribution in [0.25, 0.3) is 6.08 Å². The first-order chi connectivity index (χ1) is 12.7. The predicted octanol–water partition coefficient (Wildman–Crippen LogP) is 5.17. The van der Waals surface area contributed by atoms with Gasteiger partial charge in [-0.1, -0.05) is 13.8 Å². The molecule has 0 fully saturated rings. The first-order valence-electron chi connectivity index (χ1n) is 8.94. The molecule has 2 aromatic rings. The highest BCUT2D eigenvalue weighted by Gasteiger charge is 2.06. The second-order valence-corrected chi connectivity index (χ2v) is 5.82. The van der Waals surface area contributed by atoms with E-state index in [0.29, 0.717) is 18.8 Å². The van der Waals surface area contributed by atoms with Crippen molar-refractivity contribution in [2.45, 2.75) is 26.7 Å². The second-order valence-electron chi connectivity index (χ2n) is 5.82. The smallest absolute Gasteiger partial charge is 0.185 e. The molecule has 4 heteroatoms. The third kappa shape index (κ3) is 5.66. The van der Waals surface area contributed by atoms with Crippen molar-refractivity contribution in [3.8, 4) is 17.2 Å². The number of benzene rings is 2. The number of ether oxygens (including phenoxy) is 3. The molecular weight excluding hydrogens is 328 g/mol. The molecule has 0 N–H and O–H groups in total. The fourth-order valence-corrected chi connectivity index (χ4v) is 2.32. The minimum atomic E-state index is -0.0691. The number of allylic oxidation sites excluding steroid dienone is 1. The highest BCUT2D eigenvalue weighted by atomic mass is 16.5. The van der Waals surface area contributed by atoms with Crippen molar-refractivity contribution in [3.63, 3.8) is 0 Å². The molecule has 4 nitrogen and oxygen atoms in total. The van der Waals surface area contributed by atoms with E-state index in [1.165, 1.54) is 0 Å². The van der Waals surface area contributed by atoms with E-state index in [9.17, 15) is 4.79 Å². The van der Waals surface area contributed by atoms with E-state index in [1.807, 2.05) is 18.2 Å². The maximum absolute atomic E-state index is 12.4. The van der Waals surface area contributed by atoms with Crippen LogP contribution in [0.1, 0.15) is 42.6 Å². The lowest BCUT2D eigenvalue weighted by atomic mass is 10.1. The summed E-state index contributed by atoms with van der Waals surface area (Å²) in [4.78, 5) is 12.4. The monoisotopic (exact) mass is 354 g/mol. The zero-order valence-corrected chi connectivity index (χ0v) is 15.7. The lowest BCUT2D eigenvalue weighted by molar-refractivity contribution is 0.104. The highest BCUT2D eigenvalue weighted by molar-refractivity contribution is 6.07. The molecule has 0 saturated carbocycles. The van der Waals surface area contributed by atoms with Crippen LogP contribution in [0, 0.1) is 0 Å². The van der Waals surface area contributed by atoms with Crippen molar-refractivity contribution in [1.29, 1.82) is 0 Å². The summed E-state index contributed by atoms with van der Waals surface area (Å²) in [6, 6.07) is 12.7. The quantitative estimate of drug-likeness (QED) is 0.436. The van der Waals surface area contributed by atoms with Crippen LogP contribution in [0.15, 0.2) is 48.5 Å². The van der Waals surface area contributed by atoms with Gasteiger partial charge in [-0.3, -0.25) is 4.79 Å². The summed E-state index contributed by atoms with van der Waals surface area (Å²) in [6.45, 7) is 5.40. The van der Waals surface area contributed by atoms with Gasteiger partial charge >= 0.3 is 0 Å². The molecule has 0 bridgehead atoms. The Kier molecular flexibility index (Phi) is 7.75. The SMILES string of the molecule is CCCOc1ccc(C=CC(=O)c2ccc(OC)cc2)c(OCCC)c1. The highest BCUT2D eigenvalue weighted by Crippen LogP contribution is 2.27. The average Bonchev–Trinajstić information content (AvgIpc) is 2.69. The van der Waals surface area contributed by atoms with E-state index < -0.39 is 0 Å². The Morgan fingerprint density at radius 3 is 2.23 bits per heavy atom. The second kappa shape index (κ2) is 10.3. The van der Waals surface area contributed by atoms with E-state index in [-0.39, 0.29) is 5.78 Å². The van der Waals surface area contributed by atoms with E-state index in [4.69, 9.17) is 14.2 Å². The normalized spacial score (nSPS) is 10.7. The fraction of sp³-hybridized carbons (Fsp3) is 0.318. The molecule has 0 atom stereocenters. The van der Waals surface area contributed by atoms with E-state index >= 15 is 0 Å². The summed E-state index contributed by atoms with van der Waals surface area (Å²) in [5.41, 5.74) is 1.46. The van der Waals surface area contributed by atoms with Crippen molar-refractivity contribution in [2.24, 2.45) is 0 Å². The van der Waals surface area contributed by atoms with Crippen molar-refractivity contribution in [3.05, 3.63) is 59.7 Å². The van der Waals surface area contributed by atoms with Gasteiger partial charge in [0.2, 0.25) is 0 Å². The molecule has 0 unspecified atom stereocenters. The van der Waals surface area contributed by atoms with Crippen LogP contribution in [-0.4, -0.2) is 26.1 Å². The first kappa shape index (κ1) is 19.6. The van der Waals surface area contributed by atoms with Crippen LogP contribution in [0.2, 0.25) is 0 Å². The van der Waals surface area contributed by atoms with Crippen molar-refractivity contribution in [1.82, 2.24) is 0 Å². The topological polar surface area (TPSA) is 44.8 Å². The number of hydrogen-bond donors (Lipinski definition) is 0. The molecule has 0 aliphatic rings. The largest absolute Gasteiger partial charge is 0.497 e. The van der Waals surface area contributed by atoms with Gasteiger partial charge in [0.15, 0.2) is 5.78 Å². The van der Waals surface area contributed by atoms with Gasteiger partial charge in [-0.05, 0) is 61.4 Å². The van der Waals surface area contributed by atoms with E-state index in [0.717, 1.165) is 35.7 Å². The van der Waals surface area contributed by atoms with Crippen LogP contribution in [0.4, 0.5) is 0 Å². The van der Waals surface area contributed by atoms with Crippen LogP contribution < -0.4 is 14.2 Å². The molecule has 2 aromatic carbocycles. The zero-order chi connectivity index (χ0) is 18.8. The molecule has 0 radical (unpaired) electrons. The Labute approximate surface area is 155 Å². The number of methoxy groups -OCH3 is 1. The number of carbonyl (C=O) groups excluding carboxylic acids is 1. The van der Waals surface area contributed by atoms with Crippen LogP contribution >= 0.6 is 0 Å². The Morgan fingerprint density at radius 2 is 1.58 bits per heavy atom. The number of carbonyl (C=O) groups is 1. The summed E-state index contributed by atoms with van der Waals surface area (Å²) in [5, 5.41) is 0. The molecule has 0 spiro atoms. The third-order valence-corrected chi connectivity index (χ3v) is 3.71. The van der Waals surface area contributed by atoms with Gasteiger partial charge in [0.05, 0.1) is 20.3 Å². The first-order valence-corrected chi connectivity index (χ1v) is 8.94. The Balaban J connectivity index is 2.16. The number of ketones is 1. The van der Waals surface area contributed by atoms with Gasteiger partial charge in [0, 0.05) is 17.2 Å². The van der Waals surface area contributed by atoms with E-state index in [1.54, 1.807) is 43.5 Å². The molecule has 138 valence electrons. The third-order valence-electron chi connectivity index (χ3n) is 3.71. The summed E-state index contributed by atoms with van der Waals surface area (Å²) in [6.07, 6.45) is 5.20. The predicted molar refractivity (Wildman–Crippen MR) is 104 cm³/mol. The number of hydrogen-bond acceptors (Lipinski definition) is 4. The summed E-state index contributed by atoms with van der Waals surface area (Å²) in [5.74, 6) is 2.15. The molecule has 0 aliphatic heterocycles. The van der Waals surface area contributed by atoms with Gasteiger partial charge in [-0.25, -0.2) is 0 Å². The molecular formula is C22H26O4.